The Bertz CT molecular complexity index is 793. The summed E-state index contributed by atoms with van der Waals surface area (Å²) in [5, 5.41) is 16.9. The van der Waals surface area contributed by atoms with Crippen molar-refractivity contribution in [2.24, 2.45) is 5.14 Å². The quantitative estimate of drug-likeness (QED) is 0.737. The number of rotatable bonds is 4. The van der Waals surface area contributed by atoms with Crippen molar-refractivity contribution in [3.8, 4) is 6.07 Å². The van der Waals surface area contributed by atoms with Gasteiger partial charge in [-0.25, -0.2) is 13.6 Å². The largest absolute Gasteiger partial charge is 0.397 e. The smallest absolute Gasteiger partial charge is 0.238 e. The zero-order valence-electron chi connectivity index (χ0n) is 11.1. The molecule has 0 bridgehead atoms. The molecular weight excluding hydrogens is 288 g/mol. The summed E-state index contributed by atoms with van der Waals surface area (Å²) in [6, 6.07) is 13.3. The molecule has 0 aliphatic rings. The molecule has 5 N–H and O–H groups in total. The molecule has 0 aliphatic carbocycles. The highest BCUT2D eigenvalue weighted by Gasteiger charge is 2.07. The van der Waals surface area contributed by atoms with Gasteiger partial charge in [0.2, 0.25) is 10.0 Å². The molecule has 0 saturated carbocycles. The molecule has 0 radical (unpaired) electrons. The van der Waals surface area contributed by atoms with E-state index in [0.29, 0.717) is 23.5 Å². The molecule has 0 amide bonds. The van der Waals surface area contributed by atoms with Crippen molar-refractivity contribution >= 4 is 21.4 Å². The molecule has 6 nitrogen and oxygen atoms in total. The second-order valence-electron chi connectivity index (χ2n) is 4.46. The van der Waals surface area contributed by atoms with Gasteiger partial charge in [0, 0.05) is 6.54 Å². The molecule has 2 aromatic rings. The molecule has 0 spiro atoms. The molecule has 0 heterocycles. The third-order valence-electron chi connectivity index (χ3n) is 2.92. The number of benzene rings is 2. The molecule has 0 fully saturated rings. The van der Waals surface area contributed by atoms with Crippen molar-refractivity contribution in [1.29, 1.82) is 5.26 Å². The van der Waals surface area contributed by atoms with E-state index in [4.69, 9.17) is 16.1 Å². The standard InChI is InChI=1S/C14H14N4O2S/c15-8-11-3-6-14(13(16)7-11)18-9-10-1-4-12(5-2-10)21(17,19)20/h1-7,18H,9,16H2,(H2,17,19,20). The molecule has 0 aromatic heterocycles. The van der Waals surface area contributed by atoms with Crippen molar-refractivity contribution in [3.63, 3.8) is 0 Å². The molecule has 0 unspecified atom stereocenters. The highest BCUT2D eigenvalue weighted by molar-refractivity contribution is 7.89. The Kier molecular flexibility index (Phi) is 4.12. The van der Waals surface area contributed by atoms with E-state index < -0.39 is 10.0 Å². The monoisotopic (exact) mass is 302 g/mol. The fourth-order valence-corrected chi connectivity index (χ4v) is 2.30. The lowest BCUT2D eigenvalue weighted by atomic mass is 10.1. The Labute approximate surface area is 123 Å². The van der Waals surface area contributed by atoms with Crippen molar-refractivity contribution in [1.82, 2.24) is 0 Å². The number of anilines is 2. The molecule has 7 heteroatoms. The highest BCUT2D eigenvalue weighted by Crippen LogP contribution is 2.20. The molecule has 2 aromatic carbocycles. The van der Waals surface area contributed by atoms with E-state index in [1.807, 2.05) is 6.07 Å². The molecular formula is C14H14N4O2S. The van der Waals surface area contributed by atoms with E-state index in [2.05, 4.69) is 5.32 Å². The Morgan fingerprint density at radius 1 is 1.14 bits per heavy atom. The Balaban J connectivity index is 2.09. The molecule has 2 rings (SSSR count). The number of hydrogen-bond donors (Lipinski definition) is 3. The first-order valence-electron chi connectivity index (χ1n) is 6.05. The number of nitriles is 1. The predicted octanol–water partition coefficient (Wildman–Crippen LogP) is 1.40. The van der Waals surface area contributed by atoms with E-state index in [1.165, 1.54) is 12.1 Å². The molecule has 0 atom stereocenters. The summed E-state index contributed by atoms with van der Waals surface area (Å²) >= 11 is 0. The van der Waals surface area contributed by atoms with Crippen LogP contribution in [0.1, 0.15) is 11.1 Å². The maximum absolute atomic E-state index is 11.1. The molecule has 21 heavy (non-hydrogen) atoms. The second kappa shape index (κ2) is 5.83. The number of nitrogens with two attached hydrogens (primary N) is 2. The van der Waals surface area contributed by atoms with Gasteiger partial charge in [0.1, 0.15) is 0 Å². The summed E-state index contributed by atoms with van der Waals surface area (Å²) in [6.07, 6.45) is 0. The first-order chi connectivity index (χ1) is 9.90. The summed E-state index contributed by atoms with van der Waals surface area (Å²) in [5.74, 6) is 0. The van der Waals surface area contributed by atoms with E-state index in [9.17, 15) is 8.42 Å². The third-order valence-corrected chi connectivity index (χ3v) is 3.84. The molecule has 108 valence electrons. The van der Waals surface area contributed by atoms with Gasteiger partial charge < -0.3 is 11.1 Å². The van der Waals surface area contributed by atoms with Crippen LogP contribution >= 0.6 is 0 Å². The number of hydrogen-bond acceptors (Lipinski definition) is 5. The van der Waals surface area contributed by atoms with E-state index in [0.717, 1.165) is 5.56 Å². The van der Waals surface area contributed by atoms with Crippen LogP contribution in [0, 0.1) is 11.3 Å². The molecule has 0 aliphatic heterocycles. The lowest BCUT2D eigenvalue weighted by molar-refractivity contribution is 0.598. The Hall–Kier alpha value is -2.56. The van der Waals surface area contributed by atoms with E-state index in [-0.39, 0.29) is 4.90 Å². The summed E-state index contributed by atoms with van der Waals surface area (Å²) in [7, 11) is -3.67. The van der Waals surface area contributed by atoms with Gasteiger partial charge in [-0.3, -0.25) is 0 Å². The Morgan fingerprint density at radius 3 is 2.33 bits per heavy atom. The first kappa shape index (κ1) is 14.8. The SMILES string of the molecule is N#Cc1ccc(NCc2ccc(S(N)(=O)=O)cc2)c(N)c1. The van der Waals surface area contributed by atoms with Gasteiger partial charge in [0.05, 0.1) is 27.9 Å². The van der Waals surface area contributed by atoms with Crippen LogP contribution in [0.2, 0.25) is 0 Å². The maximum Gasteiger partial charge on any atom is 0.238 e. The zero-order chi connectivity index (χ0) is 15.5. The van der Waals surface area contributed by atoms with Crippen molar-refractivity contribution in [3.05, 3.63) is 53.6 Å². The van der Waals surface area contributed by atoms with Gasteiger partial charge in [0.15, 0.2) is 0 Å². The van der Waals surface area contributed by atoms with Crippen molar-refractivity contribution < 1.29 is 8.42 Å². The number of nitrogens with one attached hydrogen (secondary N) is 1. The van der Waals surface area contributed by atoms with Crippen molar-refractivity contribution in [2.75, 3.05) is 11.1 Å². The minimum Gasteiger partial charge on any atom is -0.397 e. The molecule has 0 saturated heterocycles. The number of primary sulfonamides is 1. The first-order valence-corrected chi connectivity index (χ1v) is 7.60. The van der Waals surface area contributed by atoms with Gasteiger partial charge in [-0.05, 0) is 35.9 Å². The van der Waals surface area contributed by atoms with Gasteiger partial charge in [-0.2, -0.15) is 5.26 Å². The topological polar surface area (TPSA) is 122 Å². The number of nitrogen functional groups attached to an aromatic ring is 1. The van der Waals surface area contributed by atoms with Gasteiger partial charge in [0.25, 0.3) is 0 Å². The number of sulfonamides is 1. The van der Waals surface area contributed by atoms with Crippen LogP contribution in [0.15, 0.2) is 47.4 Å². The summed E-state index contributed by atoms with van der Waals surface area (Å²) in [4.78, 5) is 0.0733. The average molecular weight is 302 g/mol. The second-order valence-corrected chi connectivity index (χ2v) is 6.02. The van der Waals surface area contributed by atoms with Crippen LogP contribution in [0.3, 0.4) is 0 Å². The fourth-order valence-electron chi connectivity index (χ4n) is 1.79. The zero-order valence-corrected chi connectivity index (χ0v) is 11.9. The lowest BCUT2D eigenvalue weighted by Gasteiger charge is -2.10. The minimum absolute atomic E-state index is 0.0733. The van der Waals surface area contributed by atoms with Crippen LogP contribution in [0.25, 0.3) is 0 Å². The van der Waals surface area contributed by atoms with Crippen molar-refractivity contribution in [2.45, 2.75) is 11.4 Å². The van der Waals surface area contributed by atoms with Crippen LogP contribution < -0.4 is 16.2 Å². The lowest BCUT2D eigenvalue weighted by Crippen LogP contribution is -2.12. The number of nitrogens with zero attached hydrogens (tertiary/aromatic N) is 1. The average Bonchev–Trinajstić information content (AvgIpc) is 2.45. The van der Waals surface area contributed by atoms with Gasteiger partial charge in [-0.15, -0.1) is 0 Å². The van der Waals surface area contributed by atoms with E-state index in [1.54, 1.807) is 30.3 Å². The van der Waals surface area contributed by atoms with Gasteiger partial charge >= 0.3 is 0 Å². The summed E-state index contributed by atoms with van der Waals surface area (Å²) in [5.41, 5.74) is 8.40. The van der Waals surface area contributed by atoms with Crippen LogP contribution in [0.4, 0.5) is 11.4 Å². The fraction of sp³-hybridized carbons (Fsp3) is 0.0714. The normalized spacial score (nSPS) is 10.9. The van der Waals surface area contributed by atoms with E-state index >= 15 is 0 Å². The van der Waals surface area contributed by atoms with Gasteiger partial charge in [-0.1, -0.05) is 12.1 Å². The minimum atomic E-state index is -3.67. The van der Waals surface area contributed by atoms with Crippen LogP contribution in [-0.4, -0.2) is 8.42 Å². The highest BCUT2D eigenvalue weighted by atomic mass is 32.2. The third kappa shape index (κ3) is 3.72. The summed E-state index contributed by atoms with van der Waals surface area (Å²) < 4.78 is 22.3. The predicted molar refractivity (Wildman–Crippen MR) is 80.7 cm³/mol. The maximum atomic E-state index is 11.1. The van der Waals surface area contributed by atoms with Crippen LogP contribution in [0.5, 0.6) is 0 Å². The summed E-state index contributed by atoms with van der Waals surface area (Å²) in [6.45, 7) is 0.473. The Morgan fingerprint density at radius 2 is 1.81 bits per heavy atom. The van der Waals surface area contributed by atoms with Crippen LogP contribution in [-0.2, 0) is 16.6 Å².